The number of aryl methyl sites for hydroxylation is 2. The van der Waals surface area contributed by atoms with Gasteiger partial charge in [-0.25, -0.2) is 0 Å². The molecule has 0 bridgehead atoms. The summed E-state index contributed by atoms with van der Waals surface area (Å²) in [5.74, 6) is 6.66. The van der Waals surface area contributed by atoms with E-state index in [2.05, 4.69) is 49.4 Å². The molecule has 2 aromatic carbocycles. The van der Waals surface area contributed by atoms with E-state index in [0.717, 1.165) is 34.4 Å². The second kappa shape index (κ2) is 12.4. The molecule has 1 atom stereocenters. The SMILES string of the molecule is C=CC1=NC=C(C#Cc2cccc(CC(=O)c3ccc(CC)c(C)c3)c2)C1/C=C\C.CC.[HH]. The lowest BCUT2D eigenvalue weighted by atomic mass is 9.95. The smallest absolute Gasteiger partial charge is 0.167 e. The second-order valence-corrected chi connectivity index (χ2v) is 7.39. The Kier molecular flexibility index (Phi) is 9.64. The van der Waals surface area contributed by atoms with Crippen LogP contribution < -0.4 is 0 Å². The van der Waals surface area contributed by atoms with Gasteiger partial charge in [0.15, 0.2) is 5.78 Å². The minimum absolute atomic E-state index is 0. The quantitative estimate of drug-likeness (QED) is 0.271. The van der Waals surface area contributed by atoms with Crippen molar-refractivity contribution < 1.29 is 6.22 Å². The summed E-state index contributed by atoms with van der Waals surface area (Å²) in [5.41, 5.74) is 6.95. The first-order valence-electron chi connectivity index (χ1n) is 11.3. The van der Waals surface area contributed by atoms with E-state index in [1.165, 1.54) is 11.1 Å². The van der Waals surface area contributed by atoms with Crippen molar-refractivity contribution in [3.63, 3.8) is 0 Å². The predicted octanol–water partition coefficient (Wildman–Crippen LogP) is 7.32. The molecule has 0 saturated heterocycles. The molecule has 2 aromatic rings. The van der Waals surface area contributed by atoms with E-state index in [0.29, 0.717) is 6.42 Å². The highest BCUT2D eigenvalue weighted by Crippen LogP contribution is 2.22. The van der Waals surface area contributed by atoms with Crippen LogP contribution in [0.25, 0.3) is 0 Å². The van der Waals surface area contributed by atoms with Crippen molar-refractivity contribution in [3.8, 4) is 11.8 Å². The van der Waals surface area contributed by atoms with Gasteiger partial charge in [-0.1, -0.05) is 75.6 Å². The van der Waals surface area contributed by atoms with Crippen LogP contribution in [0.1, 0.15) is 61.7 Å². The summed E-state index contributed by atoms with van der Waals surface area (Å²) in [4.78, 5) is 17.1. The molecule has 166 valence electrons. The lowest BCUT2D eigenvalue weighted by molar-refractivity contribution is 0.0993. The summed E-state index contributed by atoms with van der Waals surface area (Å²) in [6, 6.07) is 13.9. The molecule has 0 fully saturated rings. The predicted molar refractivity (Wildman–Crippen MR) is 139 cm³/mol. The summed E-state index contributed by atoms with van der Waals surface area (Å²) in [6.45, 7) is 14.0. The van der Waals surface area contributed by atoms with Crippen molar-refractivity contribution in [2.75, 3.05) is 0 Å². The Morgan fingerprint density at radius 1 is 1.19 bits per heavy atom. The normalized spacial score (nSPS) is 14.6. The zero-order chi connectivity index (χ0) is 23.5. The first kappa shape index (κ1) is 24.8. The van der Waals surface area contributed by atoms with Gasteiger partial charge < -0.3 is 0 Å². The van der Waals surface area contributed by atoms with Gasteiger partial charge in [-0.3, -0.25) is 9.79 Å². The highest BCUT2D eigenvalue weighted by molar-refractivity contribution is 6.02. The third-order valence-corrected chi connectivity index (χ3v) is 5.29. The van der Waals surface area contributed by atoms with E-state index in [1.807, 2.05) is 69.4 Å². The van der Waals surface area contributed by atoms with Crippen LogP contribution in [0.2, 0.25) is 0 Å². The van der Waals surface area contributed by atoms with Crippen LogP contribution in [-0.2, 0) is 12.8 Å². The Morgan fingerprint density at radius 3 is 2.62 bits per heavy atom. The summed E-state index contributed by atoms with van der Waals surface area (Å²) in [6.07, 6.45) is 9.02. The van der Waals surface area contributed by atoms with Crippen LogP contribution in [-0.4, -0.2) is 11.5 Å². The van der Waals surface area contributed by atoms with E-state index in [4.69, 9.17) is 0 Å². The number of hydrogen-bond donors (Lipinski definition) is 0. The molecular weight excluding hydrogens is 390 g/mol. The molecule has 1 unspecified atom stereocenters. The number of nitrogens with zero attached hydrogens (tertiary/aromatic N) is 1. The number of carbonyl (C=O) groups excluding carboxylic acids is 1. The summed E-state index contributed by atoms with van der Waals surface area (Å²) < 4.78 is 0. The zero-order valence-corrected chi connectivity index (χ0v) is 19.9. The van der Waals surface area contributed by atoms with Gasteiger partial charge in [-0.05, 0) is 61.2 Å². The number of carbonyl (C=O) groups is 1. The van der Waals surface area contributed by atoms with E-state index in [9.17, 15) is 4.79 Å². The maximum atomic E-state index is 12.8. The minimum Gasteiger partial charge on any atom is -0.294 e. The Labute approximate surface area is 195 Å². The summed E-state index contributed by atoms with van der Waals surface area (Å²) >= 11 is 0. The van der Waals surface area contributed by atoms with Gasteiger partial charge in [0, 0.05) is 30.7 Å². The highest BCUT2D eigenvalue weighted by atomic mass is 16.1. The third-order valence-electron chi connectivity index (χ3n) is 5.29. The second-order valence-electron chi connectivity index (χ2n) is 7.39. The molecule has 2 heteroatoms. The number of Topliss-reactive ketones (excluding diaryl/α,β-unsaturated/α-hetero) is 1. The van der Waals surface area contributed by atoms with Gasteiger partial charge in [-0.2, -0.15) is 0 Å². The van der Waals surface area contributed by atoms with Crippen LogP contribution in [0.4, 0.5) is 0 Å². The minimum atomic E-state index is 0. The Balaban J connectivity index is 0.00000177. The van der Waals surface area contributed by atoms with Crippen molar-refractivity contribution in [2.45, 2.75) is 47.5 Å². The largest absolute Gasteiger partial charge is 0.294 e. The molecule has 1 aliphatic rings. The van der Waals surface area contributed by atoms with Gasteiger partial charge in [0.05, 0.1) is 11.6 Å². The Bertz CT molecular complexity index is 1130. The Hall–Kier alpha value is -3.44. The van der Waals surface area contributed by atoms with Crippen LogP contribution in [0.5, 0.6) is 0 Å². The molecular formula is C30H35NO. The van der Waals surface area contributed by atoms with Crippen LogP contribution in [0.3, 0.4) is 0 Å². The lowest BCUT2D eigenvalue weighted by Crippen LogP contribution is -2.07. The molecule has 1 aliphatic heterocycles. The van der Waals surface area contributed by atoms with Crippen LogP contribution in [0, 0.1) is 24.7 Å². The van der Waals surface area contributed by atoms with E-state index >= 15 is 0 Å². The van der Waals surface area contributed by atoms with Crippen molar-refractivity contribution >= 4 is 11.5 Å². The molecule has 0 aliphatic carbocycles. The molecule has 32 heavy (non-hydrogen) atoms. The standard InChI is InChI=1S/C28H27NO.C2H6.H2/c1-5-9-26-25(19-29-27(26)7-3)13-12-21-10-8-11-22(17-21)18-28(30)24-15-14-23(6-2)20(4)16-24;1-2;/h5,7-11,14-17,19,26H,3,6,18H2,1-2,4H3;1-2H3;1H/b9-5-;;. The molecule has 0 aromatic heterocycles. The molecule has 3 rings (SSSR count). The molecule has 2 nitrogen and oxygen atoms in total. The number of ketones is 1. The average molecular weight is 426 g/mol. The Morgan fingerprint density at radius 2 is 1.97 bits per heavy atom. The third kappa shape index (κ3) is 6.28. The van der Waals surface area contributed by atoms with Crippen molar-refractivity contribution in [1.29, 1.82) is 0 Å². The van der Waals surface area contributed by atoms with Gasteiger partial charge in [0.2, 0.25) is 0 Å². The summed E-state index contributed by atoms with van der Waals surface area (Å²) in [5, 5.41) is 0. The monoisotopic (exact) mass is 425 g/mol. The molecule has 0 radical (unpaired) electrons. The first-order valence-corrected chi connectivity index (χ1v) is 11.3. The van der Waals surface area contributed by atoms with Gasteiger partial charge in [0.25, 0.3) is 0 Å². The van der Waals surface area contributed by atoms with Gasteiger partial charge >= 0.3 is 0 Å². The zero-order valence-electron chi connectivity index (χ0n) is 19.9. The van der Waals surface area contributed by atoms with Crippen molar-refractivity contribution in [1.82, 2.24) is 0 Å². The topological polar surface area (TPSA) is 29.4 Å². The number of benzene rings is 2. The molecule has 0 amide bonds. The summed E-state index contributed by atoms with van der Waals surface area (Å²) in [7, 11) is 0. The number of hydrogen-bond acceptors (Lipinski definition) is 2. The lowest BCUT2D eigenvalue weighted by Gasteiger charge is -2.07. The molecule has 0 spiro atoms. The average Bonchev–Trinajstić information content (AvgIpc) is 3.21. The molecule has 0 N–H and O–H groups in total. The van der Waals surface area contributed by atoms with Gasteiger partial charge in [-0.15, -0.1) is 0 Å². The highest BCUT2D eigenvalue weighted by Gasteiger charge is 2.18. The maximum absolute atomic E-state index is 12.8. The van der Waals surface area contributed by atoms with Crippen LogP contribution in [0.15, 0.2) is 84.0 Å². The first-order chi connectivity index (χ1) is 15.5. The fourth-order valence-electron chi connectivity index (χ4n) is 3.61. The number of aliphatic imine (C=N–C) groups is 1. The maximum Gasteiger partial charge on any atom is 0.167 e. The van der Waals surface area contributed by atoms with E-state index in [1.54, 1.807) is 6.08 Å². The van der Waals surface area contributed by atoms with Crippen molar-refractivity contribution in [2.24, 2.45) is 10.9 Å². The van der Waals surface area contributed by atoms with E-state index in [-0.39, 0.29) is 13.1 Å². The fourth-order valence-corrected chi connectivity index (χ4v) is 3.61. The molecule has 1 heterocycles. The fraction of sp³-hybridized carbons (Fsp3) is 0.267. The van der Waals surface area contributed by atoms with Crippen LogP contribution >= 0.6 is 0 Å². The van der Waals surface area contributed by atoms with E-state index < -0.39 is 0 Å². The van der Waals surface area contributed by atoms with Gasteiger partial charge in [0.1, 0.15) is 0 Å². The number of allylic oxidation sites excluding steroid dienone is 4. The molecule has 0 saturated carbocycles. The van der Waals surface area contributed by atoms with Crippen molar-refractivity contribution in [3.05, 3.63) is 107 Å². The number of rotatable bonds is 6.